The first-order chi connectivity index (χ1) is 11.4. The van der Waals surface area contributed by atoms with Crippen LogP contribution < -0.4 is 20.9 Å². The maximum Gasteiger partial charge on any atom is 0.247 e. The van der Waals surface area contributed by atoms with E-state index in [1.54, 1.807) is 12.1 Å². The van der Waals surface area contributed by atoms with Gasteiger partial charge < -0.3 is 20.9 Å². The number of halogens is 1. The SMILES string of the molecule is CC(=O)N[C@@H](C(=O)Nc1ccc(N2CCNCC2)c(F)c1)C(C)C. The smallest absolute Gasteiger partial charge is 0.247 e. The second-order valence-electron chi connectivity index (χ2n) is 6.31. The van der Waals surface area contributed by atoms with Gasteiger partial charge in [0.05, 0.1) is 5.69 Å². The fourth-order valence-electron chi connectivity index (χ4n) is 2.72. The van der Waals surface area contributed by atoms with Gasteiger partial charge in [0.1, 0.15) is 11.9 Å². The molecule has 1 heterocycles. The molecule has 24 heavy (non-hydrogen) atoms. The average Bonchev–Trinajstić information content (AvgIpc) is 2.53. The zero-order chi connectivity index (χ0) is 17.7. The monoisotopic (exact) mass is 336 g/mol. The van der Waals surface area contributed by atoms with E-state index in [1.165, 1.54) is 13.0 Å². The third kappa shape index (κ3) is 4.67. The number of rotatable bonds is 5. The number of benzene rings is 1. The van der Waals surface area contributed by atoms with Crippen LogP contribution in [0.1, 0.15) is 20.8 Å². The minimum Gasteiger partial charge on any atom is -0.367 e. The van der Waals surface area contributed by atoms with Gasteiger partial charge in [-0.05, 0) is 24.1 Å². The number of carbonyl (C=O) groups excluding carboxylic acids is 2. The van der Waals surface area contributed by atoms with Crippen LogP contribution in [0.25, 0.3) is 0 Å². The summed E-state index contributed by atoms with van der Waals surface area (Å²) < 4.78 is 14.4. The van der Waals surface area contributed by atoms with Crippen LogP contribution in [0, 0.1) is 11.7 Å². The summed E-state index contributed by atoms with van der Waals surface area (Å²) in [4.78, 5) is 25.5. The van der Waals surface area contributed by atoms with E-state index in [2.05, 4.69) is 16.0 Å². The summed E-state index contributed by atoms with van der Waals surface area (Å²) in [7, 11) is 0. The lowest BCUT2D eigenvalue weighted by Gasteiger charge is -2.30. The summed E-state index contributed by atoms with van der Waals surface area (Å²) in [5, 5.41) is 8.52. The largest absolute Gasteiger partial charge is 0.367 e. The second-order valence-corrected chi connectivity index (χ2v) is 6.31. The molecule has 1 aromatic carbocycles. The molecule has 1 saturated heterocycles. The Balaban J connectivity index is 2.07. The Hall–Kier alpha value is -2.15. The van der Waals surface area contributed by atoms with Crippen molar-refractivity contribution in [2.45, 2.75) is 26.8 Å². The molecular weight excluding hydrogens is 311 g/mol. The van der Waals surface area contributed by atoms with Crippen LogP contribution in [0.15, 0.2) is 18.2 Å². The lowest BCUT2D eigenvalue weighted by atomic mass is 10.0. The van der Waals surface area contributed by atoms with Crippen molar-refractivity contribution in [3.63, 3.8) is 0 Å². The molecule has 0 aromatic heterocycles. The van der Waals surface area contributed by atoms with Gasteiger partial charge in [-0.1, -0.05) is 13.8 Å². The molecule has 1 aromatic rings. The molecule has 132 valence electrons. The number of hydrogen-bond acceptors (Lipinski definition) is 4. The number of nitrogens with zero attached hydrogens (tertiary/aromatic N) is 1. The van der Waals surface area contributed by atoms with Gasteiger partial charge in [-0.15, -0.1) is 0 Å². The number of carbonyl (C=O) groups is 2. The van der Waals surface area contributed by atoms with Crippen molar-refractivity contribution in [3.8, 4) is 0 Å². The normalized spacial score (nSPS) is 16.0. The zero-order valence-corrected chi connectivity index (χ0v) is 14.4. The number of hydrogen-bond donors (Lipinski definition) is 3. The van der Waals surface area contributed by atoms with E-state index in [4.69, 9.17) is 0 Å². The first-order valence-electron chi connectivity index (χ1n) is 8.21. The molecular formula is C17H25FN4O2. The van der Waals surface area contributed by atoms with E-state index in [1.807, 2.05) is 18.7 Å². The van der Waals surface area contributed by atoms with Crippen molar-refractivity contribution in [2.24, 2.45) is 5.92 Å². The summed E-state index contributed by atoms with van der Waals surface area (Å²) >= 11 is 0. The molecule has 7 heteroatoms. The van der Waals surface area contributed by atoms with Crippen LogP contribution in [0.2, 0.25) is 0 Å². The van der Waals surface area contributed by atoms with Crippen molar-refractivity contribution < 1.29 is 14.0 Å². The maximum atomic E-state index is 14.4. The van der Waals surface area contributed by atoms with E-state index in [9.17, 15) is 14.0 Å². The zero-order valence-electron chi connectivity index (χ0n) is 14.4. The third-order valence-electron chi connectivity index (χ3n) is 3.98. The molecule has 0 spiro atoms. The standard InChI is InChI=1S/C17H25FN4O2/c1-11(2)16(20-12(3)23)17(24)21-13-4-5-15(14(18)10-13)22-8-6-19-7-9-22/h4-5,10-11,16,19H,6-9H2,1-3H3,(H,20,23)(H,21,24)/t16-/m1/s1. The van der Waals surface area contributed by atoms with Crippen molar-refractivity contribution >= 4 is 23.2 Å². The van der Waals surface area contributed by atoms with Gasteiger partial charge in [-0.3, -0.25) is 9.59 Å². The topological polar surface area (TPSA) is 73.5 Å². The Kier molecular flexibility index (Phi) is 6.14. The predicted molar refractivity (Wildman–Crippen MR) is 92.6 cm³/mol. The van der Waals surface area contributed by atoms with Gasteiger partial charge >= 0.3 is 0 Å². The van der Waals surface area contributed by atoms with E-state index >= 15 is 0 Å². The van der Waals surface area contributed by atoms with Crippen molar-refractivity contribution in [3.05, 3.63) is 24.0 Å². The minimum atomic E-state index is -0.654. The molecule has 0 bridgehead atoms. The molecule has 2 amide bonds. The number of nitrogens with one attached hydrogen (secondary N) is 3. The van der Waals surface area contributed by atoms with Gasteiger partial charge in [-0.2, -0.15) is 0 Å². The lowest BCUT2D eigenvalue weighted by Crippen LogP contribution is -2.46. The summed E-state index contributed by atoms with van der Waals surface area (Å²) in [6.07, 6.45) is 0. The molecule has 2 rings (SSSR count). The highest BCUT2D eigenvalue weighted by Gasteiger charge is 2.23. The van der Waals surface area contributed by atoms with E-state index in [0.29, 0.717) is 11.4 Å². The summed E-state index contributed by atoms with van der Waals surface area (Å²) in [5.41, 5.74) is 0.921. The molecule has 0 radical (unpaired) electrons. The lowest BCUT2D eigenvalue weighted by molar-refractivity contribution is -0.126. The molecule has 0 unspecified atom stereocenters. The van der Waals surface area contributed by atoms with Gasteiger partial charge in [0.2, 0.25) is 11.8 Å². The maximum absolute atomic E-state index is 14.4. The molecule has 1 fully saturated rings. The predicted octanol–water partition coefficient (Wildman–Crippen LogP) is 1.33. The second kappa shape index (κ2) is 8.10. The van der Waals surface area contributed by atoms with Gasteiger partial charge in [-0.25, -0.2) is 4.39 Å². The number of amides is 2. The molecule has 1 aliphatic heterocycles. The van der Waals surface area contributed by atoms with Crippen LogP contribution >= 0.6 is 0 Å². The quantitative estimate of drug-likeness (QED) is 0.759. The third-order valence-corrected chi connectivity index (χ3v) is 3.98. The Morgan fingerprint density at radius 3 is 2.46 bits per heavy atom. The van der Waals surface area contributed by atoms with Gasteiger partial charge in [0, 0.05) is 38.8 Å². The highest BCUT2D eigenvalue weighted by atomic mass is 19.1. The summed E-state index contributed by atoms with van der Waals surface area (Å²) in [6.45, 7) is 8.20. The average molecular weight is 336 g/mol. The molecule has 6 nitrogen and oxygen atoms in total. The van der Waals surface area contributed by atoms with Crippen molar-refractivity contribution in [2.75, 3.05) is 36.4 Å². The summed E-state index contributed by atoms with van der Waals surface area (Å²) in [5.74, 6) is -1.06. The van der Waals surface area contributed by atoms with Crippen LogP contribution in [-0.4, -0.2) is 44.0 Å². The Labute approximate surface area is 141 Å². The first-order valence-corrected chi connectivity index (χ1v) is 8.21. The van der Waals surface area contributed by atoms with Crippen molar-refractivity contribution in [1.29, 1.82) is 0 Å². The molecule has 1 atom stereocenters. The number of anilines is 2. The Bertz CT molecular complexity index is 600. The molecule has 1 aliphatic rings. The van der Waals surface area contributed by atoms with E-state index < -0.39 is 6.04 Å². The molecule has 0 aliphatic carbocycles. The van der Waals surface area contributed by atoms with Crippen LogP contribution in [0.5, 0.6) is 0 Å². The number of piperazine rings is 1. The van der Waals surface area contributed by atoms with Gasteiger partial charge in [0.15, 0.2) is 0 Å². The Morgan fingerprint density at radius 2 is 1.92 bits per heavy atom. The Morgan fingerprint density at radius 1 is 1.25 bits per heavy atom. The highest BCUT2D eigenvalue weighted by molar-refractivity contribution is 5.97. The summed E-state index contributed by atoms with van der Waals surface area (Å²) in [6, 6.07) is 4.03. The molecule has 3 N–H and O–H groups in total. The van der Waals surface area contributed by atoms with Crippen LogP contribution in [0.3, 0.4) is 0 Å². The first kappa shape index (κ1) is 18.2. The van der Waals surface area contributed by atoms with E-state index in [-0.39, 0.29) is 23.5 Å². The fraction of sp³-hybridized carbons (Fsp3) is 0.529. The fourth-order valence-corrected chi connectivity index (χ4v) is 2.72. The van der Waals surface area contributed by atoms with Gasteiger partial charge in [0.25, 0.3) is 0 Å². The highest BCUT2D eigenvalue weighted by Crippen LogP contribution is 2.23. The molecule has 0 saturated carbocycles. The van der Waals surface area contributed by atoms with Crippen molar-refractivity contribution in [1.82, 2.24) is 10.6 Å². The minimum absolute atomic E-state index is 0.0705. The van der Waals surface area contributed by atoms with E-state index in [0.717, 1.165) is 26.2 Å². The van der Waals surface area contributed by atoms with Crippen LogP contribution in [-0.2, 0) is 9.59 Å². The van der Waals surface area contributed by atoms with Crippen LogP contribution in [0.4, 0.5) is 15.8 Å².